The van der Waals surface area contributed by atoms with E-state index in [4.69, 9.17) is 5.11 Å². The molecule has 7 heteroatoms. The molecule has 0 saturated carbocycles. The van der Waals surface area contributed by atoms with Crippen LogP contribution in [0.15, 0.2) is 24.3 Å². The highest BCUT2D eigenvalue weighted by Gasteiger charge is 2.31. The predicted octanol–water partition coefficient (Wildman–Crippen LogP) is 1.79. The van der Waals surface area contributed by atoms with Gasteiger partial charge in [0.2, 0.25) is 0 Å². The lowest BCUT2D eigenvalue weighted by Crippen LogP contribution is -2.39. The molecule has 1 aromatic rings. The van der Waals surface area contributed by atoms with Crippen LogP contribution in [0.3, 0.4) is 0 Å². The summed E-state index contributed by atoms with van der Waals surface area (Å²) in [5.74, 6) is -0.866. The molecular formula is C13H15F4NO2. The number of nitrogens with zero attached hydrogens (tertiary/aromatic N) is 1. The molecule has 0 unspecified atom stereocenters. The van der Waals surface area contributed by atoms with E-state index >= 15 is 0 Å². The number of hydrogen-bond acceptors (Lipinski definition) is 3. The second-order valence-corrected chi connectivity index (χ2v) is 4.39. The maximum atomic E-state index is 12.7. The topological polar surface area (TPSA) is 40.5 Å². The standard InChI is InChI=1S/C13H15F4NO2/c14-11-3-1-10(2-4-11)7-12(20)8-18(5-6-19)9-13(15,16)17/h1-4,19H,5-9H2. The second kappa shape index (κ2) is 7.35. The molecule has 20 heavy (non-hydrogen) atoms. The van der Waals surface area contributed by atoms with Crippen molar-refractivity contribution in [1.82, 2.24) is 4.90 Å². The van der Waals surface area contributed by atoms with E-state index in [-0.39, 0.29) is 13.0 Å². The summed E-state index contributed by atoms with van der Waals surface area (Å²) in [5.41, 5.74) is 0.535. The summed E-state index contributed by atoms with van der Waals surface area (Å²) in [5, 5.41) is 8.70. The number of ketones is 1. The molecule has 0 aromatic heterocycles. The van der Waals surface area contributed by atoms with E-state index in [0.717, 1.165) is 4.90 Å². The van der Waals surface area contributed by atoms with E-state index in [9.17, 15) is 22.4 Å². The van der Waals surface area contributed by atoms with Gasteiger partial charge < -0.3 is 5.11 Å². The first kappa shape index (κ1) is 16.6. The van der Waals surface area contributed by atoms with Crippen molar-refractivity contribution in [3.63, 3.8) is 0 Å². The van der Waals surface area contributed by atoms with Crippen molar-refractivity contribution in [3.05, 3.63) is 35.6 Å². The van der Waals surface area contributed by atoms with Crippen LogP contribution >= 0.6 is 0 Å². The number of aliphatic hydroxyl groups excluding tert-OH is 1. The average molecular weight is 293 g/mol. The third-order valence-electron chi connectivity index (χ3n) is 2.53. The van der Waals surface area contributed by atoms with E-state index in [2.05, 4.69) is 0 Å². The molecule has 1 rings (SSSR count). The molecule has 0 aliphatic rings. The summed E-state index contributed by atoms with van der Waals surface area (Å²) in [6.45, 7) is -2.34. The SMILES string of the molecule is O=C(Cc1ccc(F)cc1)CN(CCO)CC(F)(F)F. The van der Waals surface area contributed by atoms with Crippen molar-refractivity contribution in [1.29, 1.82) is 0 Å². The fourth-order valence-electron chi connectivity index (χ4n) is 1.74. The molecule has 0 atom stereocenters. The van der Waals surface area contributed by atoms with Crippen molar-refractivity contribution in [2.45, 2.75) is 12.6 Å². The lowest BCUT2D eigenvalue weighted by atomic mass is 10.1. The van der Waals surface area contributed by atoms with Crippen LogP contribution in [-0.4, -0.2) is 48.2 Å². The van der Waals surface area contributed by atoms with Gasteiger partial charge in [-0.2, -0.15) is 13.2 Å². The van der Waals surface area contributed by atoms with Crippen molar-refractivity contribution in [3.8, 4) is 0 Å². The molecule has 0 radical (unpaired) electrons. The molecule has 0 saturated heterocycles. The van der Waals surface area contributed by atoms with Crippen molar-refractivity contribution < 1.29 is 27.5 Å². The third kappa shape index (κ3) is 6.63. The van der Waals surface area contributed by atoms with E-state index in [1.165, 1.54) is 24.3 Å². The minimum absolute atomic E-state index is 0.0694. The first-order valence-corrected chi connectivity index (χ1v) is 5.96. The van der Waals surface area contributed by atoms with Crippen LogP contribution in [0.4, 0.5) is 17.6 Å². The monoisotopic (exact) mass is 293 g/mol. The minimum Gasteiger partial charge on any atom is -0.395 e. The fourth-order valence-corrected chi connectivity index (χ4v) is 1.74. The summed E-state index contributed by atoms with van der Waals surface area (Å²) in [4.78, 5) is 12.5. The Balaban J connectivity index is 2.55. The van der Waals surface area contributed by atoms with Crippen molar-refractivity contribution in [2.24, 2.45) is 0 Å². The lowest BCUT2D eigenvalue weighted by Gasteiger charge is -2.21. The number of carbonyl (C=O) groups is 1. The molecule has 0 bridgehead atoms. The summed E-state index contributed by atoms with van der Waals surface area (Å²) in [6.07, 6.45) is -4.49. The molecule has 112 valence electrons. The highest BCUT2D eigenvalue weighted by molar-refractivity contribution is 5.82. The Bertz CT molecular complexity index is 431. The molecule has 0 aliphatic heterocycles. The van der Waals surface area contributed by atoms with Crippen LogP contribution in [0.1, 0.15) is 5.56 Å². The normalized spacial score (nSPS) is 11.9. The maximum Gasteiger partial charge on any atom is 0.401 e. The van der Waals surface area contributed by atoms with Crippen LogP contribution in [-0.2, 0) is 11.2 Å². The van der Waals surface area contributed by atoms with Crippen LogP contribution in [0.25, 0.3) is 0 Å². The zero-order valence-electron chi connectivity index (χ0n) is 10.7. The highest BCUT2D eigenvalue weighted by atomic mass is 19.4. The number of Topliss-reactive ketones (excluding diaryl/α,β-unsaturated/α-hetero) is 1. The van der Waals surface area contributed by atoms with Gasteiger partial charge in [-0.15, -0.1) is 0 Å². The Hall–Kier alpha value is -1.47. The van der Waals surface area contributed by atoms with Gasteiger partial charge in [-0.05, 0) is 17.7 Å². The van der Waals surface area contributed by atoms with Gasteiger partial charge in [0.15, 0.2) is 5.78 Å². The molecule has 0 aliphatic carbocycles. The zero-order chi connectivity index (χ0) is 15.2. The molecule has 0 fully saturated rings. The van der Waals surface area contributed by atoms with E-state index in [1.807, 2.05) is 0 Å². The van der Waals surface area contributed by atoms with Gasteiger partial charge in [0.25, 0.3) is 0 Å². The van der Waals surface area contributed by atoms with E-state index in [1.54, 1.807) is 0 Å². The van der Waals surface area contributed by atoms with Gasteiger partial charge in [0.05, 0.1) is 19.7 Å². The Kier molecular flexibility index (Phi) is 6.09. The number of aliphatic hydroxyl groups is 1. The molecule has 0 spiro atoms. The first-order valence-electron chi connectivity index (χ1n) is 5.96. The Morgan fingerprint density at radius 3 is 2.30 bits per heavy atom. The van der Waals surface area contributed by atoms with Crippen LogP contribution in [0.5, 0.6) is 0 Å². The Labute approximate surface area is 113 Å². The number of carbonyl (C=O) groups excluding carboxylic acids is 1. The molecule has 1 aromatic carbocycles. The maximum absolute atomic E-state index is 12.7. The lowest BCUT2D eigenvalue weighted by molar-refractivity contribution is -0.149. The Morgan fingerprint density at radius 1 is 1.20 bits per heavy atom. The number of halogens is 4. The number of alkyl halides is 3. The predicted molar refractivity (Wildman–Crippen MR) is 64.7 cm³/mol. The number of rotatable bonds is 7. The van der Waals surface area contributed by atoms with Gasteiger partial charge in [0.1, 0.15) is 5.82 Å². The van der Waals surface area contributed by atoms with Gasteiger partial charge in [0, 0.05) is 13.0 Å². The zero-order valence-corrected chi connectivity index (χ0v) is 10.7. The third-order valence-corrected chi connectivity index (χ3v) is 2.53. The largest absolute Gasteiger partial charge is 0.401 e. The quantitative estimate of drug-likeness (QED) is 0.779. The Morgan fingerprint density at radius 2 is 1.80 bits per heavy atom. The van der Waals surface area contributed by atoms with Crippen molar-refractivity contribution >= 4 is 5.78 Å². The molecule has 0 heterocycles. The number of hydrogen-bond donors (Lipinski definition) is 1. The smallest absolute Gasteiger partial charge is 0.395 e. The van der Waals surface area contributed by atoms with Gasteiger partial charge in [-0.25, -0.2) is 4.39 Å². The molecular weight excluding hydrogens is 278 g/mol. The van der Waals surface area contributed by atoms with Crippen LogP contribution < -0.4 is 0 Å². The number of benzene rings is 1. The molecule has 0 amide bonds. The average Bonchev–Trinajstić information content (AvgIpc) is 2.30. The van der Waals surface area contributed by atoms with E-state index < -0.39 is 37.5 Å². The van der Waals surface area contributed by atoms with Crippen LogP contribution in [0.2, 0.25) is 0 Å². The summed E-state index contributed by atoms with van der Waals surface area (Å²) >= 11 is 0. The van der Waals surface area contributed by atoms with E-state index in [0.29, 0.717) is 5.56 Å². The fraction of sp³-hybridized carbons (Fsp3) is 0.462. The first-order chi connectivity index (χ1) is 9.30. The summed E-state index contributed by atoms with van der Waals surface area (Å²) in [7, 11) is 0. The summed E-state index contributed by atoms with van der Waals surface area (Å²) in [6, 6.07) is 5.19. The van der Waals surface area contributed by atoms with Gasteiger partial charge in [-0.1, -0.05) is 12.1 Å². The minimum atomic E-state index is -4.43. The van der Waals surface area contributed by atoms with Crippen molar-refractivity contribution in [2.75, 3.05) is 26.2 Å². The second-order valence-electron chi connectivity index (χ2n) is 4.39. The van der Waals surface area contributed by atoms with Crippen LogP contribution in [0, 0.1) is 5.82 Å². The molecule has 3 nitrogen and oxygen atoms in total. The summed E-state index contributed by atoms with van der Waals surface area (Å²) < 4.78 is 49.5. The molecule has 1 N–H and O–H groups in total. The van der Waals surface area contributed by atoms with Gasteiger partial charge in [-0.3, -0.25) is 9.69 Å². The van der Waals surface area contributed by atoms with Gasteiger partial charge >= 0.3 is 6.18 Å². The highest BCUT2D eigenvalue weighted by Crippen LogP contribution is 2.16.